The standard InChI is InChI=1S/C18H25N5O.2ClH/c24-18(21-12-11-19-15-6-3-1-2-4-7-15)17-14-16(8-10-20-17)23-13-5-9-22-23;;/h5,8-10,13-15,19H,1-4,6-7,11-12H2,(H,21,24);2*1H. The number of nitrogens with one attached hydrogen (secondary N) is 2. The molecule has 0 aliphatic heterocycles. The zero-order valence-electron chi connectivity index (χ0n) is 14.8. The Bertz CT molecular complexity index is 643. The summed E-state index contributed by atoms with van der Waals surface area (Å²) >= 11 is 0. The minimum atomic E-state index is -0.147. The van der Waals surface area contributed by atoms with E-state index in [-0.39, 0.29) is 30.7 Å². The van der Waals surface area contributed by atoms with Crippen LogP contribution in [0.15, 0.2) is 36.8 Å². The number of carbonyl (C=O) groups excluding carboxylic acids is 1. The van der Waals surface area contributed by atoms with Crippen molar-refractivity contribution in [2.24, 2.45) is 0 Å². The largest absolute Gasteiger partial charge is 0.349 e. The third-order valence-corrected chi connectivity index (χ3v) is 4.44. The van der Waals surface area contributed by atoms with Crippen molar-refractivity contribution in [3.8, 4) is 5.69 Å². The van der Waals surface area contributed by atoms with Crippen molar-refractivity contribution < 1.29 is 4.79 Å². The highest BCUT2D eigenvalue weighted by Crippen LogP contribution is 2.16. The smallest absolute Gasteiger partial charge is 0.269 e. The van der Waals surface area contributed by atoms with Gasteiger partial charge in [0.2, 0.25) is 0 Å². The SMILES string of the molecule is Cl.Cl.O=C(NCCNC1CCCCCC1)c1cc(-n2cccn2)ccn1. The third kappa shape index (κ3) is 6.59. The first-order chi connectivity index (χ1) is 11.8. The first-order valence-corrected chi connectivity index (χ1v) is 8.80. The maximum Gasteiger partial charge on any atom is 0.269 e. The lowest BCUT2D eigenvalue weighted by Crippen LogP contribution is -2.37. The quantitative estimate of drug-likeness (QED) is 0.577. The molecule has 0 spiro atoms. The molecule has 1 fully saturated rings. The van der Waals surface area contributed by atoms with E-state index in [4.69, 9.17) is 0 Å². The Balaban J connectivity index is 0.00000169. The molecule has 0 atom stereocenters. The summed E-state index contributed by atoms with van der Waals surface area (Å²) in [6.45, 7) is 1.41. The molecule has 8 heteroatoms. The molecular formula is C18H27Cl2N5O. The molecule has 2 N–H and O–H groups in total. The molecule has 0 saturated heterocycles. The molecule has 2 heterocycles. The molecule has 2 aromatic rings. The second kappa shape index (κ2) is 11.9. The first-order valence-electron chi connectivity index (χ1n) is 8.80. The molecule has 0 aromatic carbocycles. The van der Waals surface area contributed by atoms with Gasteiger partial charge in [0.05, 0.1) is 5.69 Å². The summed E-state index contributed by atoms with van der Waals surface area (Å²) in [7, 11) is 0. The highest BCUT2D eigenvalue weighted by atomic mass is 35.5. The zero-order chi connectivity index (χ0) is 16.6. The van der Waals surface area contributed by atoms with Crippen LogP contribution in [-0.4, -0.2) is 39.8 Å². The van der Waals surface area contributed by atoms with E-state index >= 15 is 0 Å². The van der Waals surface area contributed by atoms with Crippen molar-refractivity contribution in [1.82, 2.24) is 25.4 Å². The molecular weight excluding hydrogens is 373 g/mol. The highest BCUT2D eigenvalue weighted by molar-refractivity contribution is 5.92. The van der Waals surface area contributed by atoms with Crippen molar-refractivity contribution >= 4 is 30.7 Å². The Labute approximate surface area is 167 Å². The molecule has 6 nitrogen and oxygen atoms in total. The van der Waals surface area contributed by atoms with Crippen molar-refractivity contribution in [3.63, 3.8) is 0 Å². The van der Waals surface area contributed by atoms with Gasteiger partial charge in [0.1, 0.15) is 5.69 Å². The number of hydrogen-bond acceptors (Lipinski definition) is 4. The second-order valence-corrected chi connectivity index (χ2v) is 6.25. The summed E-state index contributed by atoms with van der Waals surface area (Å²) < 4.78 is 1.71. The Morgan fingerprint density at radius 1 is 1.12 bits per heavy atom. The molecule has 144 valence electrons. The third-order valence-electron chi connectivity index (χ3n) is 4.44. The molecule has 1 aliphatic rings. The van der Waals surface area contributed by atoms with Crippen LogP contribution in [0.1, 0.15) is 49.0 Å². The van der Waals surface area contributed by atoms with E-state index in [2.05, 4.69) is 20.7 Å². The van der Waals surface area contributed by atoms with Crippen LogP contribution in [0.5, 0.6) is 0 Å². The molecule has 26 heavy (non-hydrogen) atoms. The van der Waals surface area contributed by atoms with Gasteiger partial charge in [0, 0.05) is 37.7 Å². The zero-order valence-corrected chi connectivity index (χ0v) is 16.4. The molecule has 1 saturated carbocycles. The summed E-state index contributed by atoms with van der Waals surface area (Å²) in [5, 5.41) is 10.7. The minimum absolute atomic E-state index is 0. The van der Waals surface area contributed by atoms with Gasteiger partial charge in [-0.3, -0.25) is 9.78 Å². The Hall–Kier alpha value is -1.63. The van der Waals surface area contributed by atoms with Gasteiger partial charge in [-0.15, -0.1) is 24.8 Å². The van der Waals surface area contributed by atoms with Crippen LogP contribution in [-0.2, 0) is 0 Å². The number of halogens is 2. The van der Waals surface area contributed by atoms with Crippen molar-refractivity contribution in [2.75, 3.05) is 13.1 Å². The Morgan fingerprint density at radius 3 is 2.58 bits per heavy atom. The summed E-state index contributed by atoms with van der Waals surface area (Å²) in [4.78, 5) is 16.4. The topological polar surface area (TPSA) is 71.8 Å². The lowest BCUT2D eigenvalue weighted by atomic mass is 10.1. The summed E-state index contributed by atoms with van der Waals surface area (Å²) in [5.74, 6) is -0.147. The van der Waals surface area contributed by atoms with Crippen molar-refractivity contribution in [1.29, 1.82) is 0 Å². The first kappa shape index (κ1) is 22.4. The van der Waals surface area contributed by atoms with Crippen LogP contribution in [0, 0.1) is 0 Å². The van der Waals surface area contributed by atoms with E-state index < -0.39 is 0 Å². The number of aromatic nitrogens is 3. The lowest BCUT2D eigenvalue weighted by Gasteiger charge is -2.16. The molecule has 1 aliphatic carbocycles. The van der Waals surface area contributed by atoms with Gasteiger partial charge in [-0.05, 0) is 31.0 Å². The number of amides is 1. The van der Waals surface area contributed by atoms with Crippen molar-refractivity contribution in [2.45, 2.75) is 44.6 Å². The molecule has 2 aromatic heterocycles. The predicted molar refractivity (Wildman–Crippen MR) is 108 cm³/mol. The predicted octanol–water partition coefficient (Wildman–Crippen LogP) is 3.15. The van der Waals surface area contributed by atoms with E-state index in [0.717, 1.165) is 12.2 Å². The number of pyridine rings is 1. The van der Waals surface area contributed by atoms with Crippen LogP contribution in [0.2, 0.25) is 0 Å². The van der Waals surface area contributed by atoms with Gasteiger partial charge < -0.3 is 10.6 Å². The maximum atomic E-state index is 12.2. The minimum Gasteiger partial charge on any atom is -0.349 e. The molecule has 0 bridgehead atoms. The van der Waals surface area contributed by atoms with Gasteiger partial charge in [0.15, 0.2) is 0 Å². The van der Waals surface area contributed by atoms with Gasteiger partial charge in [-0.2, -0.15) is 5.10 Å². The van der Waals surface area contributed by atoms with Crippen molar-refractivity contribution in [3.05, 3.63) is 42.5 Å². The summed E-state index contributed by atoms with van der Waals surface area (Å²) in [6, 6.07) is 6.03. The van der Waals surface area contributed by atoms with Gasteiger partial charge in [-0.1, -0.05) is 25.7 Å². The van der Waals surface area contributed by atoms with E-state index in [0.29, 0.717) is 18.3 Å². The fourth-order valence-corrected chi connectivity index (χ4v) is 3.13. The van der Waals surface area contributed by atoms with Gasteiger partial charge >= 0.3 is 0 Å². The van der Waals surface area contributed by atoms with Crippen LogP contribution < -0.4 is 10.6 Å². The van der Waals surface area contributed by atoms with Gasteiger partial charge in [0.25, 0.3) is 5.91 Å². The van der Waals surface area contributed by atoms with E-state index in [1.807, 2.05) is 18.3 Å². The molecule has 0 unspecified atom stereocenters. The second-order valence-electron chi connectivity index (χ2n) is 6.25. The Kier molecular flexibility index (Phi) is 10.2. The summed E-state index contributed by atoms with van der Waals surface area (Å²) in [5.41, 5.74) is 1.24. The number of carbonyl (C=O) groups is 1. The monoisotopic (exact) mass is 399 g/mol. The average Bonchev–Trinajstić information content (AvgIpc) is 3.03. The van der Waals surface area contributed by atoms with Crippen LogP contribution in [0.4, 0.5) is 0 Å². The molecule has 0 radical (unpaired) electrons. The fraction of sp³-hybridized carbons (Fsp3) is 0.500. The summed E-state index contributed by atoms with van der Waals surface area (Å²) in [6.07, 6.45) is 13.0. The van der Waals surface area contributed by atoms with Gasteiger partial charge in [-0.25, -0.2) is 4.68 Å². The lowest BCUT2D eigenvalue weighted by molar-refractivity contribution is 0.0948. The Morgan fingerprint density at radius 2 is 1.88 bits per heavy atom. The fourth-order valence-electron chi connectivity index (χ4n) is 3.13. The van der Waals surface area contributed by atoms with Crippen LogP contribution in [0.3, 0.4) is 0 Å². The van der Waals surface area contributed by atoms with Crippen LogP contribution >= 0.6 is 24.8 Å². The highest BCUT2D eigenvalue weighted by Gasteiger charge is 2.12. The van der Waals surface area contributed by atoms with E-state index in [1.54, 1.807) is 23.1 Å². The molecule has 3 rings (SSSR count). The number of nitrogens with zero attached hydrogens (tertiary/aromatic N) is 3. The van der Waals surface area contributed by atoms with Crippen LogP contribution in [0.25, 0.3) is 5.69 Å². The number of rotatable bonds is 6. The maximum absolute atomic E-state index is 12.2. The molecule has 1 amide bonds. The number of hydrogen-bond donors (Lipinski definition) is 2. The van der Waals surface area contributed by atoms with E-state index in [1.165, 1.54) is 38.5 Å². The average molecular weight is 400 g/mol. The van der Waals surface area contributed by atoms with E-state index in [9.17, 15) is 4.79 Å². The normalized spacial score (nSPS) is 14.6.